The fraction of sp³-hybridized carbons (Fsp3) is 0.909. The summed E-state index contributed by atoms with van der Waals surface area (Å²) in [6.45, 7) is 8.26. The van der Waals surface area contributed by atoms with Crippen LogP contribution in [0.4, 0.5) is 0 Å². The van der Waals surface area contributed by atoms with Gasteiger partial charge in [0.05, 0.1) is 6.04 Å². The molecule has 1 atom stereocenters. The van der Waals surface area contributed by atoms with Gasteiger partial charge in [-0.05, 0) is 6.42 Å². The van der Waals surface area contributed by atoms with Crippen LogP contribution in [0.1, 0.15) is 53.4 Å². The fourth-order valence-electron chi connectivity index (χ4n) is 1.39. The molecule has 13 heavy (non-hydrogen) atoms. The van der Waals surface area contributed by atoms with Crippen molar-refractivity contribution in [3.05, 3.63) is 0 Å². The number of Topliss-reactive ketones (excluding diaryl/α,β-unsaturated/α-hetero) is 1. The Hall–Kier alpha value is -0.370. The molecule has 2 heteroatoms. The average molecular weight is 185 g/mol. The lowest BCUT2D eigenvalue weighted by atomic mass is 10.0. The van der Waals surface area contributed by atoms with Crippen molar-refractivity contribution < 1.29 is 4.79 Å². The first kappa shape index (κ1) is 12.6. The average Bonchev–Trinajstić information content (AvgIpc) is 2.10. The number of nitrogens with one attached hydrogen (secondary N) is 1. The molecule has 2 nitrogen and oxygen atoms in total. The first-order valence-electron chi connectivity index (χ1n) is 5.40. The molecule has 0 saturated carbocycles. The summed E-state index contributed by atoms with van der Waals surface area (Å²) in [7, 11) is 0. The van der Waals surface area contributed by atoms with Crippen molar-refractivity contribution in [1.29, 1.82) is 0 Å². The SMILES string of the molecule is CCCC[C@H](NC(C)C)C(=O)CC. The quantitative estimate of drug-likeness (QED) is 0.660. The number of ketones is 1. The number of hydrogen-bond acceptors (Lipinski definition) is 2. The van der Waals surface area contributed by atoms with Crippen molar-refractivity contribution in [2.75, 3.05) is 0 Å². The van der Waals surface area contributed by atoms with Crippen LogP contribution in [-0.2, 0) is 4.79 Å². The Morgan fingerprint density at radius 2 is 1.92 bits per heavy atom. The largest absolute Gasteiger partial charge is 0.305 e. The van der Waals surface area contributed by atoms with Crippen molar-refractivity contribution in [3.8, 4) is 0 Å². The Morgan fingerprint density at radius 3 is 2.31 bits per heavy atom. The van der Waals surface area contributed by atoms with Gasteiger partial charge in [-0.2, -0.15) is 0 Å². The molecule has 0 fully saturated rings. The molecule has 0 aromatic carbocycles. The summed E-state index contributed by atoms with van der Waals surface area (Å²) >= 11 is 0. The van der Waals surface area contributed by atoms with Crippen LogP contribution in [0.3, 0.4) is 0 Å². The molecule has 0 aliphatic carbocycles. The Balaban J connectivity index is 3.94. The molecule has 0 amide bonds. The van der Waals surface area contributed by atoms with E-state index in [0.29, 0.717) is 18.2 Å². The van der Waals surface area contributed by atoms with Crippen molar-refractivity contribution in [3.63, 3.8) is 0 Å². The van der Waals surface area contributed by atoms with E-state index in [-0.39, 0.29) is 6.04 Å². The Bertz CT molecular complexity index is 143. The normalized spacial score (nSPS) is 13.3. The van der Waals surface area contributed by atoms with Gasteiger partial charge in [-0.1, -0.05) is 40.5 Å². The summed E-state index contributed by atoms with van der Waals surface area (Å²) in [5.74, 6) is 0.349. The van der Waals surface area contributed by atoms with Gasteiger partial charge in [0.25, 0.3) is 0 Å². The molecule has 0 aliphatic heterocycles. The van der Waals surface area contributed by atoms with Crippen LogP contribution in [-0.4, -0.2) is 17.9 Å². The van der Waals surface area contributed by atoms with E-state index in [1.165, 1.54) is 0 Å². The Labute approximate surface area is 82.1 Å². The van der Waals surface area contributed by atoms with E-state index in [9.17, 15) is 4.79 Å². The first-order chi connectivity index (χ1) is 6.11. The molecule has 0 aromatic rings. The predicted molar refractivity (Wildman–Crippen MR) is 56.9 cm³/mol. The summed E-state index contributed by atoms with van der Waals surface area (Å²) < 4.78 is 0. The van der Waals surface area contributed by atoms with Gasteiger partial charge in [0.15, 0.2) is 0 Å². The van der Waals surface area contributed by atoms with Crippen LogP contribution in [0, 0.1) is 0 Å². The lowest BCUT2D eigenvalue weighted by Gasteiger charge is -2.19. The van der Waals surface area contributed by atoms with Crippen molar-refractivity contribution in [2.24, 2.45) is 0 Å². The number of unbranched alkanes of at least 4 members (excludes halogenated alkanes) is 1. The van der Waals surface area contributed by atoms with Crippen LogP contribution >= 0.6 is 0 Å². The molecule has 0 bridgehead atoms. The molecule has 0 heterocycles. The molecule has 0 unspecified atom stereocenters. The van der Waals surface area contributed by atoms with Crippen LogP contribution in [0.2, 0.25) is 0 Å². The highest BCUT2D eigenvalue weighted by Crippen LogP contribution is 2.04. The van der Waals surface area contributed by atoms with E-state index >= 15 is 0 Å². The van der Waals surface area contributed by atoms with Gasteiger partial charge in [0.2, 0.25) is 0 Å². The smallest absolute Gasteiger partial charge is 0.149 e. The van der Waals surface area contributed by atoms with Crippen molar-refractivity contribution in [2.45, 2.75) is 65.5 Å². The highest BCUT2D eigenvalue weighted by Gasteiger charge is 2.15. The Morgan fingerprint density at radius 1 is 1.31 bits per heavy atom. The zero-order chi connectivity index (χ0) is 10.3. The Kier molecular flexibility index (Phi) is 6.87. The van der Waals surface area contributed by atoms with Crippen LogP contribution in [0.15, 0.2) is 0 Å². The standard InChI is InChI=1S/C11H23NO/c1-5-7-8-10(11(13)6-2)12-9(3)4/h9-10,12H,5-8H2,1-4H3/t10-/m0/s1. The summed E-state index contributed by atoms with van der Waals surface area (Å²) in [6.07, 6.45) is 3.93. The minimum atomic E-state index is 0.0879. The van der Waals surface area contributed by atoms with Crippen LogP contribution < -0.4 is 5.32 Å². The molecule has 0 rings (SSSR count). The van der Waals surface area contributed by atoms with Crippen molar-refractivity contribution >= 4 is 5.78 Å². The predicted octanol–water partition coefficient (Wildman–Crippen LogP) is 2.52. The molecule has 1 N–H and O–H groups in total. The van der Waals surface area contributed by atoms with E-state index in [2.05, 4.69) is 26.1 Å². The minimum absolute atomic E-state index is 0.0879. The number of rotatable bonds is 7. The van der Waals surface area contributed by atoms with E-state index in [1.807, 2.05) is 6.92 Å². The molecular weight excluding hydrogens is 162 g/mol. The monoisotopic (exact) mass is 185 g/mol. The fourth-order valence-corrected chi connectivity index (χ4v) is 1.39. The molecule has 0 aromatic heterocycles. The second-order valence-electron chi connectivity index (χ2n) is 3.84. The van der Waals surface area contributed by atoms with E-state index < -0.39 is 0 Å². The van der Waals surface area contributed by atoms with E-state index in [1.54, 1.807) is 0 Å². The van der Waals surface area contributed by atoms with Gasteiger partial charge in [-0.25, -0.2) is 0 Å². The number of carbonyl (C=O) groups excluding carboxylic acids is 1. The molecule has 0 aliphatic rings. The lowest BCUT2D eigenvalue weighted by molar-refractivity contribution is -0.121. The molecule has 0 radical (unpaired) electrons. The maximum Gasteiger partial charge on any atom is 0.149 e. The zero-order valence-electron chi connectivity index (χ0n) is 9.39. The zero-order valence-corrected chi connectivity index (χ0v) is 9.39. The molecule has 0 saturated heterocycles. The second kappa shape index (κ2) is 7.07. The van der Waals surface area contributed by atoms with E-state index in [4.69, 9.17) is 0 Å². The van der Waals surface area contributed by atoms with Gasteiger partial charge in [-0.15, -0.1) is 0 Å². The number of carbonyl (C=O) groups is 1. The summed E-state index contributed by atoms with van der Waals surface area (Å²) in [6, 6.07) is 0.488. The summed E-state index contributed by atoms with van der Waals surface area (Å²) in [4.78, 5) is 11.5. The first-order valence-corrected chi connectivity index (χ1v) is 5.40. The lowest BCUT2D eigenvalue weighted by Crippen LogP contribution is -2.40. The van der Waals surface area contributed by atoms with Crippen LogP contribution in [0.5, 0.6) is 0 Å². The highest BCUT2D eigenvalue weighted by molar-refractivity contribution is 5.83. The van der Waals surface area contributed by atoms with Crippen LogP contribution in [0.25, 0.3) is 0 Å². The third-order valence-corrected chi connectivity index (χ3v) is 2.12. The maximum atomic E-state index is 11.5. The van der Waals surface area contributed by atoms with Gasteiger partial charge in [-0.3, -0.25) is 4.79 Å². The van der Waals surface area contributed by atoms with Gasteiger partial charge >= 0.3 is 0 Å². The van der Waals surface area contributed by atoms with Gasteiger partial charge in [0, 0.05) is 12.5 Å². The maximum absolute atomic E-state index is 11.5. The van der Waals surface area contributed by atoms with Gasteiger partial charge < -0.3 is 5.32 Å². The third kappa shape index (κ3) is 5.81. The summed E-state index contributed by atoms with van der Waals surface area (Å²) in [5.41, 5.74) is 0. The minimum Gasteiger partial charge on any atom is -0.305 e. The molecular formula is C11H23NO. The topological polar surface area (TPSA) is 29.1 Å². The number of hydrogen-bond donors (Lipinski definition) is 1. The highest BCUT2D eigenvalue weighted by atomic mass is 16.1. The van der Waals surface area contributed by atoms with E-state index in [0.717, 1.165) is 19.3 Å². The summed E-state index contributed by atoms with van der Waals surface area (Å²) in [5, 5.41) is 3.32. The molecule has 0 spiro atoms. The molecule has 78 valence electrons. The van der Waals surface area contributed by atoms with Crippen molar-refractivity contribution in [1.82, 2.24) is 5.32 Å². The van der Waals surface area contributed by atoms with Gasteiger partial charge in [0.1, 0.15) is 5.78 Å². The third-order valence-electron chi connectivity index (χ3n) is 2.12. The second-order valence-corrected chi connectivity index (χ2v) is 3.84.